The highest BCUT2D eigenvalue weighted by Crippen LogP contribution is 2.34. The minimum absolute atomic E-state index is 0.311. The summed E-state index contributed by atoms with van der Waals surface area (Å²) in [6.07, 6.45) is 7.68. The van der Waals surface area contributed by atoms with Crippen LogP contribution < -0.4 is 4.90 Å². The molecule has 1 aliphatic heterocycles. The Morgan fingerprint density at radius 1 is 1.06 bits per heavy atom. The van der Waals surface area contributed by atoms with Crippen LogP contribution in [-0.2, 0) is 13.0 Å². The Balaban J connectivity index is 1.40. The Morgan fingerprint density at radius 3 is 2.66 bits per heavy atom. The van der Waals surface area contributed by atoms with Crippen molar-refractivity contribution in [2.24, 2.45) is 0 Å². The van der Waals surface area contributed by atoms with Crippen molar-refractivity contribution in [3.63, 3.8) is 0 Å². The van der Waals surface area contributed by atoms with Crippen LogP contribution in [0, 0.1) is 0 Å². The van der Waals surface area contributed by atoms with E-state index in [1.807, 2.05) is 12.3 Å². The zero-order chi connectivity index (χ0) is 22.2. The summed E-state index contributed by atoms with van der Waals surface area (Å²) in [6.45, 7) is 2.79. The van der Waals surface area contributed by atoms with Crippen molar-refractivity contribution < 1.29 is 0 Å². The molecule has 0 N–H and O–H groups in total. The Morgan fingerprint density at radius 2 is 1.88 bits per heavy atom. The van der Waals surface area contributed by atoms with Gasteiger partial charge in [0, 0.05) is 31.9 Å². The Labute approximate surface area is 195 Å². The lowest BCUT2D eigenvalue weighted by atomic mass is 9.91. The smallest absolute Gasteiger partial charge is 0.139 e. The van der Waals surface area contributed by atoms with E-state index >= 15 is 0 Å². The topological polar surface area (TPSA) is 39.9 Å². The standard InChI is InChI=1S/C25H33ClN6/c1-29(2)19-12-15-31(16-13-19)23-11-5-10-22-28-20(25(26)32(22)23)17-30(3)21-9-4-7-18-8-6-14-27-24(18)21/h5-6,8,10-11,14,19,21H,4,7,9,12-13,15-17H2,1-3H3. The molecule has 32 heavy (non-hydrogen) atoms. The molecule has 0 radical (unpaired) electrons. The van der Waals surface area contributed by atoms with Crippen LogP contribution in [0.4, 0.5) is 5.82 Å². The van der Waals surface area contributed by atoms with Gasteiger partial charge in [0.2, 0.25) is 0 Å². The molecule has 2 aliphatic rings. The van der Waals surface area contributed by atoms with Crippen molar-refractivity contribution in [3.8, 4) is 0 Å². The molecule has 3 aromatic rings. The summed E-state index contributed by atoms with van der Waals surface area (Å²) in [5.74, 6) is 1.15. The number of rotatable bonds is 5. The Kier molecular flexibility index (Phi) is 6.10. The molecule has 6 nitrogen and oxygen atoms in total. The van der Waals surface area contributed by atoms with Crippen LogP contribution in [0.15, 0.2) is 36.5 Å². The van der Waals surface area contributed by atoms with Gasteiger partial charge in [0.15, 0.2) is 0 Å². The van der Waals surface area contributed by atoms with Gasteiger partial charge in [0.1, 0.15) is 16.6 Å². The summed E-state index contributed by atoms with van der Waals surface area (Å²) in [7, 11) is 6.52. The third kappa shape index (κ3) is 4.00. The lowest BCUT2D eigenvalue weighted by molar-refractivity contribution is 0.206. The predicted molar refractivity (Wildman–Crippen MR) is 131 cm³/mol. The molecule has 7 heteroatoms. The van der Waals surface area contributed by atoms with Crippen LogP contribution in [0.1, 0.15) is 48.7 Å². The number of hydrogen-bond donors (Lipinski definition) is 0. The van der Waals surface area contributed by atoms with Crippen LogP contribution >= 0.6 is 11.6 Å². The fraction of sp³-hybridized carbons (Fsp3) is 0.520. The minimum Gasteiger partial charge on any atom is -0.358 e. The van der Waals surface area contributed by atoms with E-state index in [1.165, 1.54) is 30.5 Å². The summed E-state index contributed by atoms with van der Waals surface area (Å²) in [5.41, 5.74) is 4.45. The molecule has 1 saturated heterocycles. The second-order valence-corrected chi connectivity index (χ2v) is 9.84. The first-order valence-corrected chi connectivity index (χ1v) is 12.1. The third-order valence-corrected chi connectivity index (χ3v) is 7.64. The molecule has 170 valence electrons. The van der Waals surface area contributed by atoms with Gasteiger partial charge in [-0.15, -0.1) is 0 Å². The fourth-order valence-corrected chi connectivity index (χ4v) is 5.68. The SMILES string of the molecule is CN(C)C1CCN(c2cccc3nc(CN(C)C4CCCc5cccnc54)c(Cl)n23)CC1. The summed E-state index contributed by atoms with van der Waals surface area (Å²) in [5, 5.41) is 0.731. The number of imidazole rings is 1. The van der Waals surface area contributed by atoms with E-state index in [-0.39, 0.29) is 0 Å². The number of aryl methyl sites for hydroxylation is 1. The number of pyridine rings is 2. The van der Waals surface area contributed by atoms with Crippen molar-refractivity contribution in [1.82, 2.24) is 24.2 Å². The molecule has 1 fully saturated rings. The number of nitrogens with zero attached hydrogens (tertiary/aromatic N) is 6. The van der Waals surface area contributed by atoms with Crippen molar-refractivity contribution >= 4 is 23.1 Å². The molecule has 0 amide bonds. The van der Waals surface area contributed by atoms with E-state index in [2.05, 4.69) is 64.5 Å². The van der Waals surface area contributed by atoms with Gasteiger partial charge >= 0.3 is 0 Å². The van der Waals surface area contributed by atoms with Gasteiger partial charge in [0.05, 0.1) is 17.4 Å². The first kappa shape index (κ1) is 21.7. The molecule has 3 aromatic heterocycles. The Hall–Kier alpha value is -2.15. The number of hydrogen-bond acceptors (Lipinski definition) is 5. The van der Waals surface area contributed by atoms with Crippen molar-refractivity contribution in [2.75, 3.05) is 39.1 Å². The van der Waals surface area contributed by atoms with Crippen LogP contribution in [0.5, 0.6) is 0 Å². The summed E-state index contributed by atoms with van der Waals surface area (Å²) in [4.78, 5) is 16.8. The average Bonchev–Trinajstić information content (AvgIpc) is 3.14. The van der Waals surface area contributed by atoms with Crippen LogP contribution in [0.25, 0.3) is 5.65 Å². The van der Waals surface area contributed by atoms with Crippen LogP contribution in [-0.4, -0.2) is 64.4 Å². The van der Waals surface area contributed by atoms with E-state index in [0.717, 1.165) is 48.2 Å². The number of aromatic nitrogens is 3. The monoisotopic (exact) mass is 452 g/mol. The molecule has 1 atom stereocenters. The van der Waals surface area contributed by atoms with Gasteiger partial charge < -0.3 is 9.80 Å². The van der Waals surface area contributed by atoms with Crippen molar-refractivity contribution in [1.29, 1.82) is 0 Å². The van der Waals surface area contributed by atoms with E-state index in [9.17, 15) is 0 Å². The second-order valence-electron chi connectivity index (χ2n) is 9.48. The van der Waals surface area contributed by atoms with E-state index in [0.29, 0.717) is 18.6 Å². The molecule has 1 unspecified atom stereocenters. The molecule has 4 heterocycles. The van der Waals surface area contributed by atoms with Gasteiger partial charge in [-0.05, 0) is 77.0 Å². The van der Waals surface area contributed by atoms with Gasteiger partial charge in [-0.1, -0.05) is 23.7 Å². The van der Waals surface area contributed by atoms with Gasteiger partial charge in [-0.2, -0.15) is 0 Å². The third-order valence-electron chi connectivity index (χ3n) is 7.25. The maximum atomic E-state index is 6.97. The zero-order valence-corrected chi connectivity index (χ0v) is 20.1. The summed E-state index contributed by atoms with van der Waals surface area (Å²) < 4.78 is 2.13. The average molecular weight is 453 g/mol. The Bertz CT molecular complexity index is 1090. The largest absolute Gasteiger partial charge is 0.358 e. The van der Waals surface area contributed by atoms with E-state index in [4.69, 9.17) is 21.6 Å². The molecule has 1 aliphatic carbocycles. The zero-order valence-electron chi connectivity index (χ0n) is 19.3. The van der Waals surface area contributed by atoms with E-state index < -0.39 is 0 Å². The molecular formula is C25H33ClN6. The predicted octanol–water partition coefficient (Wildman–Crippen LogP) is 4.42. The first-order valence-electron chi connectivity index (χ1n) is 11.7. The highest BCUT2D eigenvalue weighted by molar-refractivity contribution is 6.30. The molecule has 0 spiro atoms. The first-order chi connectivity index (χ1) is 15.5. The highest BCUT2D eigenvalue weighted by atomic mass is 35.5. The quantitative estimate of drug-likeness (QED) is 0.573. The summed E-state index contributed by atoms with van der Waals surface area (Å²) in [6, 6.07) is 11.6. The maximum absolute atomic E-state index is 6.97. The lowest BCUT2D eigenvalue weighted by Gasteiger charge is -2.36. The normalized spacial score (nSPS) is 19.8. The van der Waals surface area contributed by atoms with E-state index in [1.54, 1.807) is 0 Å². The minimum atomic E-state index is 0.311. The molecule has 0 bridgehead atoms. The number of halogens is 1. The molecule has 0 saturated carbocycles. The number of anilines is 1. The maximum Gasteiger partial charge on any atom is 0.139 e. The van der Waals surface area contributed by atoms with Gasteiger partial charge in [-0.25, -0.2) is 4.98 Å². The molecule has 5 rings (SSSR count). The number of fused-ring (bicyclic) bond motifs is 2. The van der Waals surface area contributed by atoms with Gasteiger partial charge in [0.25, 0.3) is 0 Å². The number of piperidine rings is 1. The molecule has 0 aromatic carbocycles. The fourth-order valence-electron chi connectivity index (χ4n) is 5.41. The lowest BCUT2D eigenvalue weighted by Crippen LogP contribution is -2.42. The molecular weight excluding hydrogens is 420 g/mol. The van der Waals surface area contributed by atoms with Crippen molar-refractivity contribution in [3.05, 3.63) is 58.6 Å². The second kappa shape index (κ2) is 9.00. The van der Waals surface area contributed by atoms with Gasteiger partial charge in [-0.3, -0.25) is 14.3 Å². The van der Waals surface area contributed by atoms with Crippen LogP contribution in [0.2, 0.25) is 5.15 Å². The summed E-state index contributed by atoms with van der Waals surface area (Å²) >= 11 is 6.97. The highest BCUT2D eigenvalue weighted by Gasteiger charge is 2.27. The van der Waals surface area contributed by atoms with Crippen LogP contribution in [0.3, 0.4) is 0 Å². The van der Waals surface area contributed by atoms with Crippen molar-refractivity contribution in [2.45, 2.75) is 50.7 Å².